The number of hydrogen-bond acceptors (Lipinski definition) is 1. The predicted octanol–water partition coefficient (Wildman–Crippen LogP) is 5.93. The summed E-state index contributed by atoms with van der Waals surface area (Å²) in [5.74, 6) is 1.00. The first-order valence-electron chi connectivity index (χ1n) is 9.04. The lowest BCUT2D eigenvalue weighted by Gasteiger charge is -2.38. The Morgan fingerprint density at radius 2 is 1.15 bits per heavy atom. The molecule has 0 aliphatic rings. The average Bonchev–Trinajstić information content (AvgIpc) is 3.12. The molecule has 0 radical (unpaired) electrons. The fourth-order valence-corrected chi connectivity index (χ4v) is 4.28. The molecule has 1 aromatic heterocycles. The van der Waals surface area contributed by atoms with Crippen molar-refractivity contribution in [1.82, 2.24) is 9.55 Å². The van der Waals surface area contributed by atoms with Crippen LogP contribution in [0.15, 0.2) is 97.2 Å². The molecule has 0 atom stereocenters. The monoisotopic (exact) mass is 416 g/mol. The van der Waals surface area contributed by atoms with Crippen LogP contribution in [0.25, 0.3) is 0 Å². The second-order valence-corrected chi connectivity index (χ2v) is 7.17. The van der Waals surface area contributed by atoms with Gasteiger partial charge in [0.1, 0.15) is 11.4 Å². The number of nitrogens with zero attached hydrogens (tertiary/aromatic N) is 2. The van der Waals surface area contributed by atoms with E-state index in [4.69, 9.17) is 4.98 Å². The third-order valence-corrected chi connectivity index (χ3v) is 5.46. The van der Waals surface area contributed by atoms with Crippen molar-refractivity contribution < 1.29 is 0 Å². The Morgan fingerprint density at radius 1 is 0.741 bits per heavy atom. The molecular formula is C24H21BrN2. The van der Waals surface area contributed by atoms with Crippen LogP contribution in [-0.2, 0) is 10.9 Å². The number of imidazole rings is 1. The van der Waals surface area contributed by atoms with Crippen LogP contribution in [0.2, 0.25) is 0 Å². The maximum atomic E-state index is 4.79. The zero-order valence-corrected chi connectivity index (χ0v) is 16.8. The minimum Gasteiger partial charge on any atom is -0.315 e. The van der Waals surface area contributed by atoms with Crippen molar-refractivity contribution in [2.45, 2.75) is 17.8 Å². The molecule has 0 aliphatic heterocycles. The van der Waals surface area contributed by atoms with Crippen molar-refractivity contribution in [3.05, 3.63) is 125 Å². The van der Waals surface area contributed by atoms with Crippen LogP contribution in [-0.4, -0.2) is 9.55 Å². The van der Waals surface area contributed by atoms with Gasteiger partial charge in [0, 0.05) is 6.20 Å². The molecule has 0 bridgehead atoms. The van der Waals surface area contributed by atoms with Crippen LogP contribution in [0.3, 0.4) is 0 Å². The largest absolute Gasteiger partial charge is 0.315 e. The summed E-state index contributed by atoms with van der Waals surface area (Å²) in [6, 6.07) is 32.0. The van der Waals surface area contributed by atoms with Crippen LogP contribution >= 0.6 is 15.9 Å². The van der Waals surface area contributed by atoms with Gasteiger partial charge in [0.2, 0.25) is 0 Å². The third kappa shape index (κ3) is 3.02. The molecule has 0 amide bonds. The van der Waals surface area contributed by atoms with E-state index in [0.717, 1.165) is 11.5 Å². The van der Waals surface area contributed by atoms with Crippen LogP contribution < -0.4 is 0 Å². The lowest BCUT2D eigenvalue weighted by molar-refractivity contribution is 0.500. The van der Waals surface area contributed by atoms with Gasteiger partial charge in [-0.1, -0.05) is 107 Å². The molecule has 0 unspecified atom stereocenters. The molecule has 0 saturated heterocycles. The summed E-state index contributed by atoms with van der Waals surface area (Å²) < 4.78 is 2.32. The fourth-order valence-electron chi connectivity index (χ4n) is 3.89. The van der Waals surface area contributed by atoms with E-state index in [1.54, 1.807) is 0 Å². The van der Waals surface area contributed by atoms with Gasteiger partial charge in [0.05, 0.1) is 11.0 Å². The fraction of sp³-hybridized carbons (Fsp3) is 0.125. The Bertz CT molecular complexity index is 912. The Balaban J connectivity index is 2.16. The Hall–Kier alpha value is -2.65. The van der Waals surface area contributed by atoms with Crippen molar-refractivity contribution >= 4 is 15.9 Å². The van der Waals surface area contributed by atoms with E-state index < -0.39 is 5.54 Å². The van der Waals surface area contributed by atoms with Crippen molar-refractivity contribution in [2.24, 2.45) is 0 Å². The lowest BCUT2D eigenvalue weighted by Crippen LogP contribution is -2.38. The van der Waals surface area contributed by atoms with Crippen LogP contribution in [0, 0.1) is 6.92 Å². The summed E-state index contributed by atoms with van der Waals surface area (Å²) in [5, 5.41) is 0.690. The first kappa shape index (κ1) is 17.7. The maximum Gasteiger partial charge on any atom is 0.121 e. The molecule has 3 heteroatoms. The molecule has 3 aromatic carbocycles. The summed E-state index contributed by atoms with van der Waals surface area (Å²) in [6.45, 7) is 2.05. The van der Waals surface area contributed by atoms with Gasteiger partial charge < -0.3 is 4.57 Å². The number of rotatable bonds is 5. The van der Waals surface area contributed by atoms with Crippen LogP contribution in [0.1, 0.15) is 28.2 Å². The summed E-state index contributed by atoms with van der Waals surface area (Å²) >= 11 is 3.65. The van der Waals surface area contributed by atoms with Crippen molar-refractivity contribution in [3.8, 4) is 0 Å². The molecule has 0 fully saturated rings. The van der Waals surface area contributed by atoms with Gasteiger partial charge >= 0.3 is 0 Å². The smallest absolute Gasteiger partial charge is 0.121 e. The molecule has 2 nitrogen and oxygen atoms in total. The zero-order valence-electron chi connectivity index (χ0n) is 15.2. The quantitative estimate of drug-likeness (QED) is 0.291. The SMILES string of the molecule is Cc1cn(C(c2ccccc2)(c2ccccc2)c2ccccc2)c(CBr)n1. The minimum absolute atomic E-state index is 0.492. The first-order chi connectivity index (χ1) is 13.3. The Morgan fingerprint density at radius 3 is 1.52 bits per heavy atom. The summed E-state index contributed by atoms with van der Waals surface area (Å²) in [4.78, 5) is 4.79. The number of alkyl halides is 1. The highest BCUT2D eigenvalue weighted by molar-refractivity contribution is 9.08. The van der Waals surface area contributed by atoms with E-state index in [2.05, 4.69) is 125 Å². The van der Waals surface area contributed by atoms with Gasteiger partial charge in [-0.2, -0.15) is 0 Å². The van der Waals surface area contributed by atoms with E-state index in [9.17, 15) is 0 Å². The topological polar surface area (TPSA) is 17.8 Å². The van der Waals surface area contributed by atoms with E-state index in [1.165, 1.54) is 16.7 Å². The lowest BCUT2D eigenvalue weighted by atomic mass is 9.76. The van der Waals surface area contributed by atoms with E-state index in [0.29, 0.717) is 5.33 Å². The highest BCUT2D eigenvalue weighted by Crippen LogP contribution is 2.41. The van der Waals surface area contributed by atoms with Gasteiger partial charge in [0.15, 0.2) is 0 Å². The van der Waals surface area contributed by atoms with Crippen LogP contribution in [0.5, 0.6) is 0 Å². The van der Waals surface area contributed by atoms with E-state index in [-0.39, 0.29) is 0 Å². The predicted molar refractivity (Wildman–Crippen MR) is 114 cm³/mol. The summed E-state index contributed by atoms with van der Waals surface area (Å²) in [6.07, 6.45) is 2.16. The zero-order chi connectivity index (χ0) is 18.7. The molecular weight excluding hydrogens is 396 g/mol. The maximum absolute atomic E-state index is 4.79. The average molecular weight is 417 g/mol. The second kappa shape index (κ2) is 7.53. The normalized spacial score (nSPS) is 11.5. The highest BCUT2D eigenvalue weighted by Gasteiger charge is 2.39. The molecule has 0 N–H and O–H groups in total. The molecule has 0 aliphatic carbocycles. The van der Waals surface area contributed by atoms with E-state index in [1.807, 2.05) is 0 Å². The van der Waals surface area contributed by atoms with Crippen molar-refractivity contribution in [2.75, 3.05) is 0 Å². The first-order valence-corrected chi connectivity index (χ1v) is 10.2. The summed E-state index contributed by atoms with van der Waals surface area (Å²) in [5.41, 5.74) is 4.15. The number of benzene rings is 3. The second-order valence-electron chi connectivity index (χ2n) is 6.61. The number of hydrogen-bond donors (Lipinski definition) is 0. The Labute approximate surface area is 168 Å². The standard InChI is InChI=1S/C24H21BrN2/c1-19-18-27(23(17-25)26-19)24(20-11-5-2-6-12-20,21-13-7-3-8-14-21)22-15-9-4-10-16-22/h2-16,18H,17H2,1H3. The molecule has 0 spiro atoms. The highest BCUT2D eigenvalue weighted by atomic mass is 79.9. The van der Waals surface area contributed by atoms with Crippen LogP contribution in [0.4, 0.5) is 0 Å². The molecule has 0 saturated carbocycles. The molecule has 134 valence electrons. The molecule has 27 heavy (non-hydrogen) atoms. The van der Waals surface area contributed by atoms with E-state index >= 15 is 0 Å². The minimum atomic E-state index is -0.492. The van der Waals surface area contributed by atoms with Crippen molar-refractivity contribution in [3.63, 3.8) is 0 Å². The number of aryl methyl sites for hydroxylation is 1. The molecule has 4 rings (SSSR count). The van der Waals surface area contributed by atoms with Crippen molar-refractivity contribution in [1.29, 1.82) is 0 Å². The summed E-state index contributed by atoms with van der Waals surface area (Å²) in [7, 11) is 0. The van der Waals surface area contributed by atoms with Gasteiger partial charge in [-0.15, -0.1) is 0 Å². The molecule has 1 heterocycles. The third-order valence-electron chi connectivity index (χ3n) is 4.95. The van der Waals surface area contributed by atoms with Gasteiger partial charge in [0.25, 0.3) is 0 Å². The van der Waals surface area contributed by atoms with Gasteiger partial charge in [-0.3, -0.25) is 0 Å². The van der Waals surface area contributed by atoms with Gasteiger partial charge in [-0.25, -0.2) is 4.98 Å². The van der Waals surface area contributed by atoms with Gasteiger partial charge in [-0.05, 0) is 23.6 Å². The molecule has 4 aromatic rings. The Kier molecular flexibility index (Phi) is 4.95. The number of halogens is 1. The number of aromatic nitrogens is 2.